The van der Waals surface area contributed by atoms with Crippen molar-refractivity contribution in [2.75, 3.05) is 17.3 Å². The molecule has 0 spiro atoms. The highest BCUT2D eigenvalue weighted by Crippen LogP contribution is 2.38. The van der Waals surface area contributed by atoms with E-state index in [2.05, 4.69) is 10.5 Å². The summed E-state index contributed by atoms with van der Waals surface area (Å²) in [4.78, 5) is 4.72. The predicted octanol–water partition coefficient (Wildman–Crippen LogP) is 3.57. The van der Waals surface area contributed by atoms with E-state index in [9.17, 15) is 0 Å². The lowest BCUT2D eigenvalue weighted by Crippen LogP contribution is -2.44. The van der Waals surface area contributed by atoms with E-state index in [1.54, 1.807) is 0 Å². The van der Waals surface area contributed by atoms with E-state index in [-0.39, 0.29) is 6.04 Å². The van der Waals surface area contributed by atoms with E-state index < -0.39 is 0 Å². The van der Waals surface area contributed by atoms with Crippen LogP contribution in [-0.4, -0.2) is 33.4 Å². The van der Waals surface area contributed by atoms with Gasteiger partial charge in [-0.05, 0) is 31.6 Å². The van der Waals surface area contributed by atoms with Gasteiger partial charge in [0.25, 0.3) is 0 Å². The van der Waals surface area contributed by atoms with E-state index in [1.807, 2.05) is 23.5 Å². The highest BCUT2D eigenvalue weighted by molar-refractivity contribution is 8.06. The molecule has 4 atom stereocenters. The predicted molar refractivity (Wildman–Crippen MR) is 87.7 cm³/mol. The van der Waals surface area contributed by atoms with Crippen LogP contribution >= 0.6 is 23.5 Å². The van der Waals surface area contributed by atoms with E-state index in [0.29, 0.717) is 11.3 Å². The number of nitrogens with one attached hydrogen (secondary N) is 1. The number of rotatable bonds is 2. The monoisotopic (exact) mass is 325 g/mol. The Labute approximate surface area is 134 Å². The molecule has 3 aliphatic rings. The van der Waals surface area contributed by atoms with Crippen LogP contribution in [0.25, 0.3) is 0 Å². The Morgan fingerprint density at radius 1 is 1.10 bits per heavy atom. The Kier molecular flexibility index (Phi) is 4.46. The Hall–Kier alpha value is -0.200. The zero-order valence-corrected chi connectivity index (χ0v) is 13.9. The molecule has 4 rings (SSSR count). The first-order chi connectivity index (χ1) is 10.4. The van der Waals surface area contributed by atoms with Crippen molar-refractivity contribution in [2.45, 2.75) is 55.9 Å². The minimum absolute atomic E-state index is 0.284. The van der Waals surface area contributed by atoms with Crippen LogP contribution in [-0.2, 0) is 0 Å². The second-order valence-corrected chi connectivity index (χ2v) is 8.83. The van der Waals surface area contributed by atoms with Gasteiger partial charge >= 0.3 is 0 Å². The average Bonchev–Trinajstić information content (AvgIpc) is 3.05. The summed E-state index contributed by atoms with van der Waals surface area (Å²) in [6.45, 7) is 0. The molecule has 6 heteroatoms. The fraction of sp³-hybridized carbons (Fsp3) is 0.867. The third-order valence-corrected chi connectivity index (χ3v) is 7.76. The second kappa shape index (κ2) is 6.50. The molecule has 1 saturated carbocycles. The van der Waals surface area contributed by atoms with E-state index in [1.165, 1.54) is 43.6 Å². The van der Waals surface area contributed by atoms with Gasteiger partial charge in [-0.25, -0.2) is 0 Å². The lowest BCUT2D eigenvalue weighted by atomic mass is 9.78. The number of hydrogen-bond acceptors (Lipinski definition) is 6. The molecule has 4 unspecified atom stereocenters. The molecule has 0 bridgehead atoms. The maximum Gasteiger partial charge on any atom is 0.243 e. The summed E-state index contributed by atoms with van der Waals surface area (Å²) in [5.41, 5.74) is 0. The van der Waals surface area contributed by atoms with Crippen LogP contribution in [0.2, 0.25) is 0 Å². The van der Waals surface area contributed by atoms with Crippen molar-refractivity contribution in [1.29, 1.82) is 0 Å². The minimum atomic E-state index is 0.284. The zero-order chi connectivity index (χ0) is 14.1. The fourth-order valence-electron chi connectivity index (χ4n) is 3.85. The van der Waals surface area contributed by atoms with Crippen LogP contribution in [0.3, 0.4) is 0 Å². The van der Waals surface area contributed by atoms with Gasteiger partial charge in [-0.1, -0.05) is 18.0 Å². The molecule has 1 aromatic rings. The SMILES string of the molecule is C1CCC2NC(c3nc(C4CSCCS4)no3)CCC2C1. The molecule has 3 fully saturated rings. The van der Waals surface area contributed by atoms with Gasteiger partial charge in [-0.15, -0.1) is 11.8 Å². The van der Waals surface area contributed by atoms with Crippen LogP contribution < -0.4 is 5.32 Å². The molecule has 2 aliphatic heterocycles. The Morgan fingerprint density at radius 2 is 2.05 bits per heavy atom. The summed E-state index contributed by atoms with van der Waals surface area (Å²) in [6.07, 6.45) is 7.96. The van der Waals surface area contributed by atoms with Crippen molar-refractivity contribution in [1.82, 2.24) is 15.5 Å². The number of thioether (sulfide) groups is 2. The maximum absolute atomic E-state index is 5.59. The lowest BCUT2D eigenvalue weighted by Gasteiger charge is -2.39. The molecule has 0 aromatic carbocycles. The van der Waals surface area contributed by atoms with Crippen molar-refractivity contribution in [2.24, 2.45) is 5.92 Å². The Bertz CT molecular complexity index is 475. The van der Waals surface area contributed by atoms with Crippen molar-refractivity contribution < 1.29 is 4.52 Å². The van der Waals surface area contributed by atoms with Gasteiger partial charge in [-0.3, -0.25) is 0 Å². The van der Waals surface area contributed by atoms with Gasteiger partial charge in [0.15, 0.2) is 5.82 Å². The van der Waals surface area contributed by atoms with Gasteiger partial charge in [0.05, 0.1) is 11.3 Å². The molecule has 2 saturated heterocycles. The summed E-state index contributed by atoms with van der Waals surface area (Å²) in [5, 5.41) is 8.46. The third kappa shape index (κ3) is 3.13. The van der Waals surface area contributed by atoms with Gasteiger partial charge in [-0.2, -0.15) is 16.7 Å². The van der Waals surface area contributed by atoms with Crippen LogP contribution in [0.15, 0.2) is 4.52 Å². The molecule has 0 radical (unpaired) electrons. The smallest absolute Gasteiger partial charge is 0.243 e. The van der Waals surface area contributed by atoms with Gasteiger partial charge < -0.3 is 9.84 Å². The zero-order valence-electron chi connectivity index (χ0n) is 12.3. The molecule has 0 amide bonds. The first-order valence-corrected chi connectivity index (χ1v) is 10.4. The van der Waals surface area contributed by atoms with Crippen molar-refractivity contribution in [3.8, 4) is 0 Å². The standard InChI is InChI=1S/C15H23N3OS2/c1-2-4-11-10(3-1)5-6-12(16-11)15-17-14(18-19-15)13-9-20-7-8-21-13/h10-13,16H,1-9H2. The van der Waals surface area contributed by atoms with Crippen LogP contribution in [0.4, 0.5) is 0 Å². The molecule has 3 heterocycles. The summed E-state index contributed by atoms with van der Waals surface area (Å²) in [6, 6.07) is 0.958. The van der Waals surface area contributed by atoms with Crippen LogP contribution in [0.1, 0.15) is 61.5 Å². The summed E-state index contributed by atoms with van der Waals surface area (Å²) < 4.78 is 5.59. The quantitative estimate of drug-likeness (QED) is 0.897. The number of nitrogens with zero attached hydrogens (tertiary/aromatic N) is 2. The molecular formula is C15H23N3OS2. The number of hydrogen-bond donors (Lipinski definition) is 1. The van der Waals surface area contributed by atoms with E-state index >= 15 is 0 Å². The third-order valence-electron chi connectivity index (χ3n) is 5.01. The molecule has 21 heavy (non-hydrogen) atoms. The second-order valence-electron chi connectivity index (χ2n) is 6.37. The van der Waals surface area contributed by atoms with Crippen LogP contribution in [0.5, 0.6) is 0 Å². The minimum Gasteiger partial charge on any atom is -0.338 e. The molecule has 4 nitrogen and oxygen atoms in total. The van der Waals surface area contributed by atoms with Crippen molar-refractivity contribution in [3.05, 3.63) is 11.7 Å². The highest BCUT2D eigenvalue weighted by Gasteiger charge is 2.35. The molecular weight excluding hydrogens is 302 g/mol. The first-order valence-electron chi connectivity index (χ1n) is 8.19. The van der Waals surface area contributed by atoms with Gasteiger partial charge in [0, 0.05) is 23.3 Å². The number of piperidine rings is 1. The van der Waals surface area contributed by atoms with Gasteiger partial charge in [0.1, 0.15) is 0 Å². The van der Waals surface area contributed by atoms with Gasteiger partial charge in [0.2, 0.25) is 5.89 Å². The molecule has 116 valence electrons. The van der Waals surface area contributed by atoms with E-state index in [4.69, 9.17) is 9.51 Å². The number of aromatic nitrogens is 2. The van der Waals surface area contributed by atoms with E-state index in [0.717, 1.165) is 29.8 Å². The number of fused-ring (bicyclic) bond motifs is 1. The highest BCUT2D eigenvalue weighted by atomic mass is 32.2. The van der Waals surface area contributed by atoms with Crippen LogP contribution in [0, 0.1) is 5.92 Å². The molecule has 1 aromatic heterocycles. The first kappa shape index (κ1) is 14.4. The molecule has 1 aliphatic carbocycles. The summed E-state index contributed by atoms with van der Waals surface area (Å²) >= 11 is 3.97. The summed E-state index contributed by atoms with van der Waals surface area (Å²) in [7, 11) is 0. The summed E-state index contributed by atoms with van der Waals surface area (Å²) in [5.74, 6) is 6.18. The maximum atomic E-state index is 5.59. The Balaban J connectivity index is 1.43. The average molecular weight is 326 g/mol. The van der Waals surface area contributed by atoms with Crippen molar-refractivity contribution >= 4 is 23.5 Å². The fourth-order valence-corrected chi connectivity index (χ4v) is 6.44. The largest absolute Gasteiger partial charge is 0.338 e. The lowest BCUT2D eigenvalue weighted by molar-refractivity contribution is 0.158. The topological polar surface area (TPSA) is 51.0 Å². The molecule has 1 N–H and O–H groups in total. The normalized spacial score (nSPS) is 37.1. The Morgan fingerprint density at radius 3 is 2.95 bits per heavy atom. The van der Waals surface area contributed by atoms with Crippen molar-refractivity contribution in [3.63, 3.8) is 0 Å².